The maximum atomic E-state index is 12.2. The third-order valence-corrected chi connectivity index (χ3v) is 5.64. The van der Waals surface area contributed by atoms with Gasteiger partial charge in [-0.1, -0.05) is 18.2 Å². The molecule has 11 heteroatoms. The van der Waals surface area contributed by atoms with E-state index < -0.39 is 21.9 Å². The molecule has 2 heterocycles. The van der Waals surface area contributed by atoms with Crippen LogP contribution in [0.4, 0.5) is 15.4 Å². The van der Waals surface area contributed by atoms with Crippen molar-refractivity contribution in [2.75, 3.05) is 19.0 Å². The molecule has 2 N–H and O–H groups in total. The molecular weight excluding hydrogens is 434 g/mol. The Morgan fingerprint density at radius 3 is 2.62 bits per heavy atom. The zero-order chi connectivity index (χ0) is 23.7. The molecular formula is C21H27N5O5S. The lowest BCUT2D eigenvalue weighted by Crippen LogP contribution is -2.43. The zero-order valence-electron chi connectivity index (χ0n) is 18.7. The van der Waals surface area contributed by atoms with E-state index in [1.807, 2.05) is 29.0 Å². The highest BCUT2D eigenvalue weighted by Gasteiger charge is 2.28. The van der Waals surface area contributed by atoms with E-state index in [0.29, 0.717) is 17.9 Å². The molecule has 3 rings (SSSR count). The van der Waals surface area contributed by atoms with Crippen LogP contribution >= 0.6 is 0 Å². The van der Waals surface area contributed by atoms with Crippen LogP contribution in [0.5, 0.6) is 0 Å². The Balaban J connectivity index is 1.78. The molecule has 0 unspecified atom stereocenters. The normalized spacial score (nSPS) is 14.2. The Bertz CT molecular complexity index is 1140. The molecule has 1 aliphatic rings. The largest absolute Gasteiger partial charge is 0.443 e. The molecule has 0 fully saturated rings. The van der Waals surface area contributed by atoms with Crippen LogP contribution in [0.1, 0.15) is 31.9 Å². The summed E-state index contributed by atoms with van der Waals surface area (Å²) in [6.45, 7) is 5.31. The van der Waals surface area contributed by atoms with Gasteiger partial charge in [-0.15, -0.1) is 0 Å². The number of nitrogens with one attached hydrogen (secondary N) is 2. The molecule has 3 amide bonds. The van der Waals surface area contributed by atoms with Crippen LogP contribution < -0.4 is 14.3 Å². The minimum atomic E-state index is -4.10. The Morgan fingerprint density at radius 1 is 1.22 bits per heavy atom. The van der Waals surface area contributed by atoms with E-state index >= 15 is 0 Å². The Hall–Kier alpha value is -3.18. The number of hydrogen-bond acceptors (Lipinski definition) is 6. The lowest BCUT2D eigenvalue weighted by Gasteiger charge is -2.32. The van der Waals surface area contributed by atoms with Crippen LogP contribution in [0.3, 0.4) is 0 Å². The van der Waals surface area contributed by atoms with E-state index in [-0.39, 0.29) is 12.6 Å². The summed E-state index contributed by atoms with van der Waals surface area (Å²) < 4.78 is 33.5. The molecule has 0 aliphatic carbocycles. The number of rotatable bonds is 5. The van der Waals surface area contributed by atoms with Crippen molar-refractivity contribution in [1.29, 1.82) is 0 Å². The predicted octanol–water partition coefficient (Wildman–Crippen LogP) is 2.61. The van der Waals surface area contributed by atoms with E-state index in [0.717, 1.165) is 16.7 Å². The molecule has 0 saturated heterocycles. The smallest absolute Gasteiger partial charge is 0.422 e. The second kappa shape index (κ2) is 8.75. The average molecular weight is 462 g/mol. The summed E-state index contributed by atoms with van der Waals surface area (Å²) in [4.78, 5) is 31.4. The van der Waals surface area contributed by atoms with Gasteiger partial charge in [-0.3, -0.25) is 4.90 Å². The highest BCUT2D eigenvalue weighted by molar-refractivity contribution is 7.88. The topological polar surface area (TPSA) is 121 Å². The summed E-state index contributed by atoms with van der Waals surface area (Å²) >= 11 is 0. The molecule has 10 nitrogen and oxygen atoms in total. The number of ether oxygens (including phenoxy) is 1. The zero-order valence-corrected chi connectivity index (χ0v) is 19.5. The number of amides is 3. The summed E-state index contributed by atoms with van der Waals surface area (Å²) in [6, 6.07) is 9.07. The predicted molar refractivity (Wildman–Crippen MR) is 120 cm³/mol. The van der Waals surface area contributed by atoms with E-state index in [1.165, 1.54) is 4.90 Å². The number of aromatic nitrogens is 1. The number of nitrogens with zero attached hydrogens (tertiary/aromatic N) is 3. The van der Waals surface area contributed by atoms with Gasteiger partial charge in [-0.25, -0.2) is 19.3 Å². The fourth-order valence-corrected chi connectivity index (χ4v) is 4.01. The van der Waals surface area contributed by atoms with Gasteiger partial charge in [0, 0.05) is 32.4 Å². The first-order chi connectivity index (χ1) is 14.9. The summed E-state index contributed by atoms with van der Waals surface area (Å²) in [5, 5.41) is 0. The second-order valence-electron chi connectivity index (χ2n) is 8.49. The van der Waals surface area contributed by atoms with E-state index in [4.69, 9.17) is 4.74 Å². The van der Waals surface area contributed by atoms with Gasteiger partial charge in [0.15, 0.2) is 0 Å². The number of benzene rings is 1. The van der Waals surface area contributed by atoms with Gasteiger partial charge in [0.05, 0.1) is 6.54 Å². The first-order valence-corrected chi connectivity index (χ1v) is 11.4. The van der Waals surface area contributed by atoms with Gasteiger partial charge >= 0.3 is 22.3 Å². The number of fused-ring (bicyclic) bond motifs is 1. The SMILES string of the molecule is CN1Cc2c(-c3cccc(CNS(=O)(=O)NC(=O)OC(C)(C)C)c3)ccnc2N(C)C1=O. The van der Waals surface area contributed by atoms with Crippen LogP contribution in [0.25, 0.3) is 11.1 Å². The van der Waals surface area contributed by atoms with E-state index in [2.05, 4.69) is 9.71 Å². The van der Waals surface area contributed by atoms with Crippen molar-refractivity contribution in [2.45, 2.75) is 39.5 Å². The molecule has 1 aromatic heterocycles. The fourth-order valence-electron chi connectivity index (χ4n) is 3.32. The maximum Gasteiger partial charge on any atom is 0.422 e. The summed E-state index contributed by atoms with van der Waals surface area (Å²) in [7, 11) is -0.699. The van der Waals surface area contributed by atoms with Gasteiger partial charge in [0.2, 0.25) is 0 Å². The standard InChI is InChI=1S/C21H27N5O5S/c1-21(2,3)31-19(27)24-32(29,30)23-12-14-7-6-8-15(11-14)16-9-10-22-18-17(16)13-25(4)20(28)26(18)5/h6-11,23H,12-13H2,1-5H3,(H,24,27). The first-order valence-electron chi connectivity index (χ1n) is 9.93. The molecule has 1 aliphatic heterocycles. The van der Waals surface area contributed by atoms with Gasteiger partial charge < -0.3 is 9.64 Å². The highest BCUT2D eigenvalue weighted by atomic mass is 32.2. The second-order valence-corrected chi connectivity index (χ2v) is 9.99. The molecule has 0 atom stereocenters. The third-order valence-electron chi connectivity index (χ3n) is 4.68. The number of pyridine rings is 1. The first kappa shape index (κ1) is 23.5. The summed E-state index contributed by atoms with van der Waals surface area (Å²) in [5.41, 5.74) is 2.54. The van der Waals surface area contributed by atoms with Crippen LogP contribution in [0, 0.1) is 0 Å². The monoisotopic (exact) mass is 461 g/mol. The van der Waals surface area contributed by atoms with Gasteiger partial charge in [-0.05, 0) is 49.6 Å². The molecule has 0 saturated carbocycles. The molecule has 32 heavy (non-hydrogen) atoms. The minimum absolute atomic E-state index is 0.0302. The number of anilines is 1. The average Bonchev–Trinajstić information content (AvgIpc) is 2.69. The fraction of sp³-hybridized carbons (Fsp3) is 0.381. The van der Waals surface area contributed by atoms with Gasteiger partial charge in [0.1, 0.15) is 11.4 Å². The molecule has 0 spiro atoms. The third kappa shape index (κ3) is 5.54. The lowest BCUT2D eigenvalue weighted by molar-refractivity contribution is 0.0569. The number of urea groups is 1. The van der Waals surface area contributed by atoms with Gasteiger partial charge in [0.25, 0.3) is 0 Å². The summed E-state index contributed by atoms with van der Waals surface area (Å²) in [6.07, 6.45) is 0.591. The van der Waals surface area contributed by atoms with Gasteiger partial charge in [-0.2, -0.15) is 13.1 Å². The minimum Gasteiger partial charge on any atom is -0.443 e. The Kier molecular flexibility index (Phi) is 6.42. The van der Waals surface area contributed by atoms with E-state index in [1.54, 1.807) is 52.0 Å². The quantitative estimate of drug-likeness (QED) is 0.706. The van der Waals surface area contributed by atoms with Crippen LogP contribution in [-0.4, -0.2) is 50.1 Å². The number of carbonyl (C=O) groups is 2. The molecule has 0 bridgehead atoms. The van der Waals surface area contributed by atoms with Crippen molar-refractivity contribution < 1.29 is 22.7 Å². The van der Waals surface area contributed by atoms with Crippen molar-refractivity contribution in [3.8, 4) is 11.1 Å². The summed E-state index contributed by atoms with van der Waals surface area (Å²) in [5.74, 6) is 0.596. The highest BCUT2D eigenvalue weighted by Crippen LogP contribution is 2.33. The molecule has 172 valence electrons. The molecule has 2 aromatic rings. The van der Waals surface area contributed by atoms with Crippen LogP contribution in [0.2, 0.25) is 0 Å². The van der Waals surface area contributed by atoms with E-state index in [9.17, 15) is 18.0 Å². The number of carbonyl (C=O) groups excluding carboxylic acids is 2. The van der Waals surface area contributed by atoms with Crippen LogP contribution in [-0.2, 0) is 28.0 Å². The lowest BCUT2D eigenvalue weighted by atomic mass is 9.97. The molecule has 0 radical (unpaired) electrons. The van der Waals surface area contributed by atoms with Crippen molar-refractivity contribution in [1.82, 2.24) is 19.3 Å². The van der Waals surface area contributed by atoms with Crippen molar-refractivity contribution in [3.63, 3.8) is 0 Å². The van der Waals surface area contributed by atoms with Crippen molar-refractivity contribution in [3.05, 3.63) is 47.7 Å². The molecule has 1 aromatic carbocycles. The van der Waals surface area contributed by atoms with Crippen LogP contribution in [0.15, 0.2) is 36.5 Å². The number of hydrogen-bond donors (Lipinski definition) is 2. The van der Waals surface area contributed by atoms with Crippen molar-refractivity contribution >= 4 is 28.2 Å². The Labute approximate surface area is 187 Å². The Morgan fingerprint density at radius 2 is 1.94 bits per heavy atom. The van der Waals surface area contributed by atoms with Crippen molar-refractivity contribution in [2.24, 2.45) is 0 Å². The maximum absolute atomic E-state index is 12.2.